The molecule has 0 saturated carbocycles. The van der Waals surface area contributed by atoms with E-state index in [0.717, 1.165) is 14.9 Å². The van der Waals surface area contributed by atoms with E-state index in [-0.39, 0.29) is 23.9 Å². The first-order valence-electron chi connectivity index (χ1n) is 8.23. The van der Waals surface area contributed by atoms with Gasteiger partial charge in [-0.2, -0.15) is 0 Å². The molecule has 4 nitrogen and oxygen atoms in total. The minimum Gasteiger partial charge on any atom is -0.350 e. The summed E-state index contributed by atoms with van der Waals surface area (Å²) in [6.45, 7) is 5.75. The summed E-state index contributed by atoms with van der Waals surface area (Å²) >= 11 is 4.92. The molecular formula is C20H23BrN2O2S. The molecule has 138 valence electrons. The predicted octanol–water partition coefficient (Wildman–Crippen LogP) is 4.42. The lowest BCUT2D eigenvalue weighted by Gasteiger charge is -2.24. The maximum absolute atomic E-state index is 13.0. The van der Waals surface area contributed by atoms with Gasteiger partial charge in [0.25, 0.3) is 5.91 Å². The van der Waals surface area contributed by atoms with Crippen LogP contribution in [0.2, 0.25) is 0 Å². The molecule has 0 radical (unpaired) electrons. The van der Waals surface area contributed by atoms with Gasteiger partial charge in [0.15, 0.2) is 0 Å². The number of hydrogen-bond acceptors (Lipinski definition) is 3. The van der Waals surface area contributed by atoms with Crippen LogP contribution in [-0.4, -0.2) is 35.8 Å². The van der Waals surface area contributed by atoms with E-state index in [0.29, 0.717) is 5.57 Å². The van der Waals surface area contributed by atoms with E-state index >= 15 is 0 Å². The Balaban J connectivity index is 2.24. The van der Waals surface area contributed by atoms with Crippen LogP contribution in [0.4, 0.5) is 0 Å². The minimum atomic E-state index is -0.329. The zero-order chi connectivity index (χ0) is 19.3. The number of rotatable bonds is 5. The number of benzene rings is 1. The highest BCUT2D eigenvalue weighted by Gasteiger charge is 2.21. The highest BCUT2D eigenvalue weighted by Crippen LogP contribution is 2.25. The molecule has 1 heterocycles. The van der Waals surface area contributed by atoms with E-state index in [4.69, 9.17) is 0 Å². The van der Waals surface area contributed by atoms with Gasteiger partial charge in [-0.25, -0.2) is 0 Å². The molecule has 0 aliphatic rings. The van der Waals surface area contributed by atoms with E-state index in [2.05, 4.69) is 21.2 Å². The maximum Gasteiger partial charge on any atom is 0.255 e. The summed E-state index contributed by atoms with van der Waals surface area (Å²) in [6, 6.07) is 11.6. The quantitative estimate of drug-likeness (QED) is 0.707. The Morgan fingerprint density at radius 2 is 1.85 bits per heavy atom. The number of nitrogens with zero attached hydrogens (tertiary/aromatic N) is 1. The Hall–Kier alpha value is -1.92. The average molecular weight is 435 g/mol. The molecule has 26 heavy (non-hydrogen) atoms. The van der Waals surface area contributed by atoms with Crippen LogP contribution in [0, 0.1) is 0 Å². The summed E-state index contributed by atoms with van der Waals surface area (Å²) in [6.07, 6.45) is 1.86. The molecule has 0 unspecified atom stereocenters. The zero-order valence-electron chi connectivity index (χ0n) is 15.4. The molecule has 2 aromatic rings. The Morgan fingerprint density at radius 1 is 1.19 bits per heavy atom. The van der Waals surface area contributed by atoms with Gasteiger partial charge in [-0.1, -0.05) is 34.1 Å². The normalized spacial score (nSPS) is 12.0. The molecule has 6 heteroatoms. The second-order valence-electron chi connectivity index (χ2n) is 7.05. The third-order valence-corrected chi connectivity index (χ3v) is 4.87. The smallest absolute Gasteiger partial charge is 0.255 e. The summed E-state index contributed by atoms with van der Waals surface area (Å²) in [4.78, 5) is 27.5. The second-order valence-corrected chi connectivity index (χ2v) is 8.91. The minimum absolute atomic E-state index is 0.0131. The van der Waals surface area contributed by atoms with Crippen molar-refractivity contribution in [2.75, 3.05) is 13.6 Å². The van der Waals surface area contributed by atoms with E-state index < -0.39 is 0 Å². The lowest BCUT2D eigenvalue weighted by molar-refractivity contribution is -0.131. The molecular weight excluding hydrogens is 412 g/mol. The van der Waals surface area contributed by atoms with E-state index in [1.165, 1.54) is 16.2 Å². The number of carbonyl (C=O) groups is 2. The molecule has 1 aromatic carbocycles. The van der Waals surface area contributed by atoms with Crippen molar-refractivity contribution >= 4 is 50.7 Å². The lowest BCUT2D eigenvalue weighted by atomic mass is 10.1. The third-order valence-electron chi connectivity index (χ3n) is 3.44. The molecule has 0 aliphatic carbocycles. The van der Waals surface area contributed by atoms with E-state index in [1.807, 2.05) is 68.6 Å². The van der Waals surface area contributed by atoms with Gasteiger partial charge in [-0.05, 0) is 56.0 Å². The van der Waals surface area contributed by atoms with Crippen molar-refractivity contribution in [2.24, 2.45) is 0 Å². The number of likely N-dealkylation sites (N-methyl/N-ethyl adjacent to an activating group) is 1. The maximum atomic E-state index is 13.0. The van der Waals surface area contributed by atoms with Gasteiger partial charge < -0.3 is 10.2 Å². The standard InChI is InChI=1S/C20H23BrN2O2S/c1-20(2,3)22-18(24)13-23(4)19(25)16(17-6-5-11-26-17)12-14-7-9-15(21)10-8-14/h5-12H,13H2,1-4H3,(H,22,24)/b16-12+. The van der Waals surface area contributed by atoms with Crippen LogP contribution >= 0.6 is 27.3 Å². The molecule has 0 bridgehead atoms. The van der Waals surface area contributed by atoms with Crippen molar-refractivity contribution in [1.29, 1.82) is 0 Å². The number of thiophene rings is 1. The molecule has 0 atom stereocenters. The largest absolute Gasteiger partial charge is 0.350 e. The van der Waals surface area contributed by atoms with Gasteiger partial charge in [0.1, 0.15) is 0 Å². The van der Waals surface area contributed by atoms with Crippen molar-refractivity contribution in [3.63, 3.8) is 0 Å². The molecule has 0 saturated heterocycles. The van der Waals surface area contributed by atoms with Crippen molar-refractivity contribution < 1.29 is 9.59 Å². The Labute approximate surface area is 167 Å². The average Bonchev–Trinajstić information content (AvgIpc) is 3.06. The monoisotopic (exact) mass is 434 g/mol. The molecule has 2 amide bonds. The fourth-order valence-electron chi connectivity index (χ4n) is 2.35. The first-order chi connectivity index (χ1) is 12.2. The van der Waals surface area contributed by atoms with Crippen molar-refractivity contribution in [1.82, 2.24) is 10.2 Å². The van der Waals surface area contributed by atoms with Crippen LogP contribution in [0.15, 0.2) is 46.3 Å². The van der Waals surface area contributed by atoms with Gasteiger partial charge in [0.05, 0.1) is 12.1 Å². The zero-order valence-corrected chi connectivity index (χ0v) is 17.8. The number of nitrogens with one attached hydrogen (secondary N) is 1. The molecule has 0 spiro atoms. The summed E-state index contributed by atoms with van der Waals surface area (Å²) in [5.74, 6) is -0.359. The fraction of sp³-hybridized carbons (Fsp3) is 0.300. The SMILES string of the molecule is CN(CC(=O)NC(C)(C)C)C(=O)/C(=C/c1ccc(Br)cc1)c1cccs1. The molecule has 2 rings (SSSR count). The highest BCUT2D eigenvalue weighted by molar-refractivity contribution is 9.10. The van der Waals surface area contributed by atoms with Crippen molar-refractivity contribution in [3.8, 4) is 0 Å². The summed E-state index contributed by atoms with van der Waals surface area (Å²) < 4.78 is 0.981. The summed E-state index contributed by atoms with van der Waals surface area (Å²) in [5, 5.41) is 4.81. The lowest BCUT2D eigenvalue weighted by Crippen LogP contribution is -2.46. The third kappa shape index (κ3) is 6.11. The van der Waals surface area contributed by atoms with Gasteiger partial charge in [0, 0.05) is 21.9 Å². The van der Waals surface area contributed by atoms with Gasteiger partial charge >= 0.3 is 0 Å². The number of carbonyl (C=O) groups excluding carboxylic acids is 2. The Kier molecular flexibility index (Phi) is 6.78. The first-order valence-corrected chi connectivity index (χ1v) is 9.90. The molecule has 1 aromatic heterocycles. The van der Waals surface area contributed by atoms with Crippen molar-refractivity contribution in [3.05, 3.63) is 56.7 Å². The Morgan fingerprint density at radius 3 is 2.38 bits per heavy atom. The van der Waals surface area contributed by atoms with E-state index in [9.17, 15) is 9.59 Å². The first kappa shape index (κ1) is 20.4. The summed E-state index contributed by atoms with van der Waals surface area (Å²) in [7, 11) is 1.65. The fourth-order valence-corrected chi connectivity index (χ4v) is 3.34. The van der Waals surface area contributed by atoms with Crippen molar-refractivity contribution in [2.45, 2.75) is 26.3 Å². The summed E-state index contributed by atoms with van der Waals surface area (Å²) in [5.41, 5.74) is 1.18. The van der Waals surface area contributed by atoms with Gasteiger partial charge in [-0.3, -0.25) is 9.59 Å². The molecule has 0 fully saturated rings. The second kappa shape index (κ2) is 8.64. The van der Waals surface area contributed by atoms with Crippen LogP contribution in [-0.2, 0) is 9.59 Å². The number of halogens is 1. The highest BCUT2D eigenvalue weighted by atomic mass is 79.9. The molecule has 0 aliphatic heterocycles. The Bertz CT molecular complexity index is 790. The topological polar surface area (TPSA) is 49.4 Å². The van der Waals surface area contributed by atoms with Crippen LogP contribution in [0.25, 0.3) is 11.6 Å². The van der Waals surface area contributed by atoms with Crippen LogP contribution in [0.3, 0.4) is 0 Å². The number of hydrogen-bond donors (Lipinski definition) is 1. The van der Waals surface area contributed by atoms with Gasteiger partial charge in [-0.15, -0.1) is 11.3 Å². The van der Waals surface area contributed by atoms with Crippen LogP contribution in [0.5, 0.6) is 0 Å². The van der Waals surface area contributed by atoms with E-state index in [1.54, 1.807) is 7.05 Å². The van der Waals surface area contributed by atoms with Gasteiger partial charge in [0.2, 0.25) is 5.91 Å². The van der Waals surface area contributed by atoms with Crippen LogP contribution in [0.1, 0.15) is 31.2 Å². The molecule has 1 N–H and O–H groups in total. The number of amides is 2. The van der Waals surface area contributed by atoms with Crippen LogP contribution < -0.4 is 5.32 Å². The predicted molar refractivity (Wildman–Crippen MR) is 112 cm³/mol.